The summed E-state index contributed by atoms with van der Waals surface area (Å²) in [6.45, 7) is 3.35. The molecule has 10 heteroatoms. The molecule has 4 aromatic rings. The number of halogens is 2. The van der Waals surface area contributed by atoms with Crippen LogP contribution in [0.4, 0.5) is 5.69 Å². The van der Waals surface area contributed by atoms with Gasteiger partial charge in [0.2, 0.25) is 11.8 Å². The van der Waals surface area contributed by atoms with Crippen molar-refractivity contribution in [2.24, 2.45) is 0 Å². The van der Waals surface area contributed by atoms with E-state index in [1.54, 1.807) is 67.6 Å². The van der Waals surface area contributed by atoms with Gasteiger partial charge < -0.3 is 10.2 Å². The number of nitrogens with zero attached hydrogens (tertiary/aromatic N) is 2. The maximum Gasteiger partial charge on any atom is 0.264 e. The molecule has 2 amide bonds. The van der Waals surface area contributed by atoms with Gasteiger partial charge in [-0.25, -0.2) is 8.42 Å². The zero-order valence-corrected chi connectivity index (χ0v) is 26.2. The quantitative estimate of drug-likeness (QED) is 0.198. The molecule has 0 saturated heterocycles. The lowest BCUT2D eigenvalue weighted by Gasteiger charge is -2.34. The second kappa shape index (κ2) is 14.6. The van der Waals surface area contributed by atoms with E-state index in [-0.39, 0.29) is 23.8 Å². The van der Waals surface area contributed by atoms with Crippen LogP contribution in [-0.2, 0) is 32.6 Å². The fraction of sp³-hybridized carbons (Fsp3) is 0.212. The van der Waals surface area contributed by atoms with Crippen molar-refractivity contribution in [3.63, 3.8) is 0 Å². The van der Waals surface area contributed by atoms with Gasteiger partial charge in [0, 0.05) is 35.1 Å². The number of hydrogen-bond acceptors (Lipinski definition) is 4. The van der Waals surface area contributed by atoms with E-state index >= 15 is 0 Å². The van der Waals surface area contributed by atoms with Gasteiger partial charge in [-0.1, -0.05) is 95.5 Å². The van der Waals surface area contributed by atoms with Crippen LogP contribution in [0.3, 0.4) is 0 Å². The standard InChI is InChI=1S/C33H33Cl2N3O4S/c1-3-36-33(40)31(21-25-11-6-4-7-12-25)37(22-28-29(34)15-10-16-30(28)35)32(39)23-38(26-19-17-24(2)18-20-26)43(41,42)27-13-8-5-9-14-27/h4-20,31H,3,21-23H2,1-2H3,(H,36,40). The number of carbonyl (C=O) groups excluding carboxylic acids is 2. The Morgan fingerprint density at radius 1 is 0.814 bits per heavy atom. The minimum absolute atomic E-state index is 0.0358. The SMILES string of the molecule is CCNC(=O)C(Cc1ccccc1)N(Cc1c(Cl)cccc1Cl)C(=O)CN(c1ccc(C)cc1)S(=O)(=O)c1ccccc1. The maximum absolute atomic E-state index is 14.4. The summed E-state index contributed by atoms with van der Waals surface area (Å²) in [5.74, 6) is -0.973. The van der Waals surface area contributed by atoms with Crippen LogP contribution in [0.2, 0.25) is 10.0 Å². The molecule has 1 atom stereocenters. The smallest absolute Gasteiger partial charge is 0.264 e. The van der Waals surface area contributed by atoms with E-state index in [2.05, 4.69) is 5.32 Å². The van der Waals surface area contributed by atoms with Crippen LogP contribution in [0.25, 0.3) is 0 Å². The van der Waals surface area contributed by atoms with Gasteiger partial charge in [-0.05, 0) is 55.8 Å². The summed E-state index contributed by atoms with van der Waals surface area (Å²) < 4.78 is 29.0. The van der Waals surface area contributed by atoms with Gasteiger partial charge in [-0.2, -0.15) is 0 Å². The molecule has 0 bridgehead atoms. The molecule has 1 unspecified atom stereocenters. The van der Waals surface area contributed by atoms with Crippen molar-refractivity contribution in [1.82, 2.24) is 10.2 Å². The highest BCUT2D eigenvalue weighted by molar-refractivity contribution is 7.92. The molecule has 4 rings (SSSR count). The van der Waals surface area contributed by atoms with E-state index in [9.17, 15) is 18.0 Å². The molecule has 43 heavy (non-hydrogen) atoms. The summed E-state index contributed by atoms with van der Waals surface area (Å²) in [6, 6.07) is 28.1. The average Bonchev–Trinajstić information content (AvgIpc) is 3.00. The van der Waals surface area contributed by atoms with Crippen molar-refractivity contribution in [1.29, 1.82) is 0 Å². The minimum atomic E-state index is -4.17. The zero-order chi connectivity index (χ0) is 31.0. The predicted molar refractivity (Wildman–Crippen MR) is 172 cm³/mol. The lowest BCUT2D eigenvalue weighted by molar-refractivity contribution is -0.140. The summed E-state index contributed by atoms with van der Waals surface area (Å²) in [5, 5.41) is 3.48. The Hall–Kier alpha value is -3.85. The fourth-order valence-electron chi connectivity index (χ4n) is 4.66. The zero-order valence-electron chi connectivity index (χ0n) is 23.9. The van der Waals surface area contributed by atoms with E-state index in [1.165, 1.54) is 17.0 Å². The first-order valence-electron chi connectivity index (χ1n) is 13.8. The van der Waals surface area contributed by atoms with Crippen molar-refractivity contribution in [3.8, 4) is 0 Å². The van der Waals surface area contributed by atoms with Crippen LogP contribution in [-0.4, -0.2) is 44.3 Å². The lowest BCUT2D eigenvalue weighted by atomic mass is 10.0. The molecule has 0 heterocycles. The summed E-state index contributed by atoms with van der Waals surface area (Å²) in [5.41, 5.74) is 2.53. The Morgan fingerprint density at radius 3 is 1.98 bits per heavy atom. The summed E-state index contributed by atoms with van der Waals surface area (Å²) in [7, 11) is -4.17. The van der Waals surface area contributed by atoms with Crippen LogP contribution in [0, 0.1) is 6.92 Å². The highest BCUT2D eigenvalue weighted by atomic mass is 35.5. The molecule has 0 aliphatic carbocycles. The van der Waals surface area contributed by atoms with Crippen LogP contribution >= 0.6 is 23.2 Å². The van der Waals surface area contributed by atoms with Crippen molar-refractivity contribution >= 4 is 50.7 Å². The van der Waals surface area contributed by atoms with Gasteiger partial charge in [-0.3, -0.25) is 13.9 Å². The van der Waals surface area contributed by atoms with E-state index < -0.39 is 28.5 Å². The van der Waals surface area contributed by atoms with Gasteiger partial charge in [0.05, 0.1) is 10.6 Å². The summed E-state index contributed by atoms with van der Waals surface area (Å²) in [6.07, 6.45) is 0.191. The summed E-state index contributed by atoms with van der Waals surface area (Å²) >= 11 is 13.0. The molecule has 0 aliphatic heterocycles. The molecule has 224 valence electrons. The van der Waals surface area contributed by atoms with Gasteiger partial charge in [0.25, 0.3) is 10.0 Å². The number of likely N-dealkylation sites (N-methyl/N-ethyl adjacent to an activating group) is 1. The van der Waals surface area contributed by atoms with Crippen LogP contribution in [0.1, 0.15) is 23.6 Å². The predicted octanol–water partition coefficient (Wildman–Crippen LogP) is 6.27. The highest BCUT2D eigenvalue weighted by Crippen LogP contribution is 2.29. The molecular formula is C33H33Cl2N3O4S. The van der Waals surface area contributed by atoms with Crippen LogP contribution < -0.4 is 9.62 Å². The Balaban J connectivity index is 1.82. The number of sulfonamides is 1. The van der Waals surface area contributed by atoms with E-state index in [4.69, 9.17) is 23.2 Å². The van der Waals surface area contributed by atoms with E-state index in [0.29, 0.717) is 27.8 Å². The molecule has 0 aliphatic rings. The number of amides is 2. The normalized spacial score (nSPS) is 11.9. The molecule has 0 aromatic heterocycles. The Kier molecular flexibility index (Phi) is 10.9. The molecular weight excluding hydrogens is 605 g/mol. The third-order valence-corrected chi connectivity index (χ3v) is 9.44. The topological polar surface area (TPSA) is 86.8 Å². The third-order valence-electron chi connectivity index (χ3n) is 6.94. The Morgan fingerprint density at radius 2 is 1.40 bits per heavy atom. The maximum atomic E-state index is 14.4. The van der Waals surface area contributed by atoms with Crippen molar-refractivity contribution in [3.05, 3.63) is 130 Å². The molecule has 7 nitrogen and oxygen atoms in total. The Labute approximate surface area is 263 Å². The molecule has 0 fully saturated rings. The number of carbonyl (C=O) groups is 2. The summed E-state index contributed by atoms with van der Waals surface area (Å²) in [4.78, 5) is 29.4. The number of benzene rings is 4. The minimum Gasteiger partial charge on any atom is -0.355 e. The molecule has 0 saturated carbocycles. The van der Waals surface area contributed by atoms with Crippen molar-refractivity contribution in [2.75, 3.05) is 17.4 Å². The number of aryl methyl sites for hydroxylation is 1. The molecule has 0 spiro atoms. The van der Waals surface area contributed by atoms with Crippen molar-refractivity contribution in [2.45, 2.75) is 37.8 Å². The average molecular weight is 639 g/mol. The van der Waals surface area contributed by atoms with Crippen LogP contribution in [0.15, 0.2) is 108 Å². The van der Waals surface area contributed by atoms with E-state index in [1.807, 2.05) is 37.3 Å². The number of anilines is 1. The number of hydrogen-bond donors (Lipinski definition) is 1. The lowest BCUT2D eigenvalue weighted by Crippen LogP contribution is -2.53. The van der Waals surface area contributed by atoms with E-state index in [0.717, 1.165) is 15.4 Å². The first-order valence-corrected chi connectivity index (χ1v) is 16.0. The second-order valence-electron chi connectivity index (χ2n) is 9.98. The fourth-order valence-corrected chi connectivity index (χ4v) is 6.61. The molecule has 0 radical (unpaired) electrons. The monoisotopic (exact) mass is 637 g/mol. The number of rotatable bonds is 12. The highest BCUT2D eigenvalue weighted by Gasteiger charge is 2.35. The van der Waals surface area contributed by atoms with Gasteiger partial charge in [0.1, 0.15) is 12.6 Å². The van der Waals surface area contributed by atoms with Gasteiger partial charge in [-0.15, -0.1) is 0 Å². The molecule has 1 N–H and O–H groups in total. The Bertz CT molecular complexity index is 1630. The largest absolute Gasteiger partial charge is 0.355 e. The van der Waals surface area contributed by atoms with Gasteiger partial charge in [0.15, 0.2) is 0 Å². The van der Waals surface area contributed by atoms with Crippen LogP contribution in [0.5, 0.6) is 0 Å². The number of nitrogens with one attached hydrogen (secondary N) is 1. The first kappa shape index (κ1) is 32.1. The molecule has 4 aromatic carbocycles. The first-order chi connectivity index (χ1) is 20.6. The third kappa shape index (κ3) is 7.96. The second-order valence-corrected chi connectivity index (χ2v) is 12.7. The van der Waals surface area contributed by atoms with Gasteiger partial charge >= 0.3 is 0 Å². The van der Waals surface area contributed by atoms with Crippen molar-refractivity contribution < 1.29 is 18.0 Å².